The Morgan fingerprint density at radius 1 is 1.42 bits per heavy atom. The number of hydrogen-bond acceptors (Lipinski definition) is 2. The maximum absolute atomic E-state index is 11.2. The van der Waals surface area contributed by atoms with E-state index < -0.39 is 0 Å². The van der Waals surface area contributed by atoms with Gasteiger partial charge in [0.2, 0.25) is 0 Å². The third-order valence-electron chi connectivity index (χ3n) is 1.70. The molecule has 0 spiro atoms. The number of nitrogens with one attached hydrogen (secondary N) is 1. The lowest BCUT2D eigenvalue weighted by atomic mass is 10.4. The van der Waals surface area contributed by atoms with E-state index in [-0.39, 0.29) is 5.56 Å². The van der Waals surface area contributed by atoms with Gasteiger partial charge < -0.3 is 4.98 Å². The molecule has 2 aromatic heterocycles. The van der Waals surface area contributed by atoms with Gasteiger partial charge in [0.1, 0.15) is 11.3 Å². The molecule has 0 saturated heterocycles. The molecule has 0 amide bonds. The topological polar surface area (TPSA) is 54.3 Å². The summed E-state index contributed by atoms with van der Waals surface area (Å²) in [7, 11) is 0. The summed E-state index contributed by atoms with van der Waals surface area (Å²) in [5.74, 6) is 0. The number of hydrogen-bond donors (Lipinski definition) is 1. The van der Waals surface area contributed by atoms with Crippen LogP contribution in [0.2, 0.25) is 0 Å². The fourth-order valence-corrected chi connectivity index (χ4v) is 1.17. The number of carbonyl (C=O) groups is 1. The van der Waals surface area contributed by atoms with E-state index >= 15 is 0 Å². The van der Waals surface area contributed by atoms with Gasteiger partial charge in [-0.1, -0.05) is 6.07 Å². The molecule has 4 nitrogen and oxygen atoms in total. The van der Waals surface area contributed by atoms with Gasteiger partial charge in [-0.2, -0.15) is 0 Å². The van der Waals surface area contributed by atoms with Crippen molar-refractivity contribution in [2.24, 2.45) is 0 Å². The van der Waals surface area contributed by atoms with E-state index in [1.165, 1.54) is 16.7 Å². The molecule has 0 radical (unpaired) electrons. The molecule has 60 valence electrons. The number of pyridine rings is 1. The third kappa shape index (κ3) is 0.780. The summed E-state index contributed by atoms with van der Waals surface area (Å²) in [6.45, 7) is 0. The van der Waals surface area contributed by atoms with E-state index in [4.69, 9.17) is 0 Å². The fraction of sp³-hybridized carbons (Fsp3) is 0. The van der Waals surface area contributed by atoms with Gasteiger partial charge >= 0.3 is 0 Å². The van der Waals surface area contributed by atoms with Crippen LogP contribution in [-0.2, 0) is 0 Å². The van der Waals surface area contributed by atoms with Crippen molar-refractivity contribution in [2.75, 3.05) is 0 Å². The second-order valence-electron chi connectivity index (χ2n) is 2.42. The Morgan fingerprint density at radius 3 is 3.00 bits per heavy atom. The van der Waals surface area contributed by atoms with Crippen LogP contribution in [-0.4, -0.2) is 15.7 Å². The molecular weight excluding hydrogens is 156 g/mol. The van der Waals surface area contributed by atoms with Gasteiger partial charge in [0.05, 0.1) is 0 Å². The lowest BCUT2D eigenvalue weighted by Crippen LogP contribution is -2.12. The Balaban J connectivity index is 3.02. The standard InChI is InChI=1S/C8H6N2O2/c11-5-6-4-9-7-2-1-3-8(12)10(6)7/h1-5,9H. The van der Waals surface area contributed by atoms with E-state index in [9.17, 15) is 9.59 Å². The zero-order valence-corrected chi connectivity index (χ0v) is 6.15. The average molecular weight is 162 g/mol. The van der Waals surface area contributed by atoms with Gasteiger partial charge in [-0.15, -0.1) is 0 Å². The molecule has 2 rings (SSSR count). The van der Waals surface area contributed by atoms with Crippen LogP contribution in [0, 0.1) is 0 Å². The van der Waals surface area contributed by atoms with Gasteiger partial charge in [0, 0.05) is 12.3 Å². The highest BCUT2D eigenvalue weighted by atomic mass is 16.1. The van der Waals surface area contributed by atoms with E-state index in [2.05, 4.69) is 4.98 Å². The number of aromatic nitrogens is 2. The number of H-pyrrole nitrogens is 1. The highest BCUT2D eigenvalue weighted by Crippen LogP contribution is 1.99. The molecule has 12 heavy (non-hydrogen) atoms. The maximum Gasteiger partial charge on any atom is 0.256 e. The predicted octanol–water partition coefficient (Wildman–Crippen LogP) is 0.440. The van der Waals surface area contributed by atoms with Crippen LogP contribution in [0.4, 0.5) is 0 Å². The minimum Gasteiger partial charge on any atom is -0.345 e. The zero-order chi connectivity index (χ0) is 8.55. The first-order chi connectivity index (χ1) is 5.83. The molecule has 0 aliphatic carbocycles. The predicted molar refractivity (Wildman–Crippen MR) is 43.4 cm³/mol. The molecule has 0 unspecified atom stereocenters. The van der Waals surface area contributed by atoms with Crippen LogP contribution in [0.3, 0.4) is 0 Å². The summed E-state index contributed by atoms with van der Waals surface area (Å²) in [6.07, 6.45) is 2.15. The monoisotopic (exact) mass is 162 g/mol. The molecule has 2 heterocycles. The minimum atomic E-state index is -0.198. The van der Waals surface area contributed by atoms with Crippen molar-refractivity contribution in [1.29, 1.82) is 0 Å². The van der Waals surface area contributed by atoms with E-state index in [0.29, 0.717) is 17.6 Å². The molecule has 0 aromatic carbocycles. The first-order valence-electron chi connectivity index (χ1n) is 3.47. The molecule has 4 heteroatoms. The summed E-state index contributed by atoms with van der Waals surface area (Å²) in [5.41, 5.74) is 0.774. The van der Waals surface area contributed by atoms with Gasteiger partial charge in [0.15, 0.2) is 6.29 Å². The quantitative estimate of drug-likeness (QED) is 0.618. The zero-order valence-electron chi connectivity index (χ0n) is 6.15. The molecular formula is C8H6N2O2. The lowest BCUT2D eigenvalue weighted by molar-refractivity contribution is 0.111. The SMILES string of the molecule is O=Cc1c[nH]c2cccc(=O)n12. The largest absolute Gasteiger partial charge is 0.345 e. The van der Waals surface area contributed by atoms with Gasteiger partial charge in [-0.3, -0.25) is 14.0 Å². The summed E-state index contributed by atoms with van der Waals surface area (Å²) in [6, 6.07) is 4.78. The van der Waals surface area contributed by atoms with E-state index in [0.717, 1.165) is 0 Å². The van der Waals surface area contributed by atoms with Gasteiger partial charge in [0.25, 0.3) is 5.56 Å². The van der Waals surface area contributed by atoms with Crippen LogP contribution in [0.5, 0.6) is 0 Å². The Hall–Kier alpha value is -1.84. The van der Waals surface area contributed by atoms with E-state index in [1.807, 2.05) is 0 Å². The van der Waals surface area contributed by atoms with Crippen LogP contribution in [0.25, 0.3) is 5.65 Å². The summed E-state index contributed by atoms with van der Waals surface area (Å²) in [4.78, 5) is 24.5. The molecule has 0 saturated carbocycles. The first-order valence-corrected chi connectivity index (χ1v) is 3.47. The third-order valence-corrected chi connectivity index (χ3v) is 1.70. The number of carbonyl (C=O) groups excluding carboxylic acids is 1. The lowest BCUT2D eigenvalue weighted by Gasteiger charge is -1.90. The van der Waals surface area contributed by atoms with Crippen LogP contribution >= 0.6 is 0 Å². The van der Waals surface area contributed by atoms with Crippen molar-refractivity contribution < 1.29 is 4.79 Å². The summed E-state index contributed by atoms with van der Waals surface area (Å²) < 4.78 is 1.33. The Kier molecular flexibility index (Phi) is 1.33. The first kappa shape index (κ1) is 6.84. The van der Waals surface area contributed by atoms with Crippen LogP contribution in [0.15, 0.2) is 29.2 Å². The molecule has 1 N–H and O–H groups in total. The van der Waals surface area contributed by atoms with Crippen molar-refractivity contribution in [3.05, 3.63) is 40.4 Å². The van der Waals surface area contributed by atoms with Crippen molar-refractivity contribution in [3.8, 4) is 0 Å². The number of fused-ring (bicyclic) bond motifs is 1. The number of aldehydes is 1. The van der Waals surface area contributed by atoms with Crippen molar-refractivity contribution >= 4 is 11.9 Å². The Bertz CT molecular complexity index is 481. The van der Waals surface area contributed by atoms with Crippen molar-refractivity contribution in [2.45, 2.75) is 0 Å². The Morgan fingerprint density at radius 2 is 2.25 bits per heavy atom. The second kappa shape index (κ2) is 2.34. The Labute approximate surface area is 67.5 Å². The molecule has 0 bridgehead atoms. The summed E-state index contributed by atoms with van der Waals surface area (Å²) >= 11 is 0. The van der Waals surface area contributed by atoms with E-state index in [1.54, 1.807) is 12.1 Å². The van der Waals surface area contributed by atoms with Gasteiger partial charge in [-0.25, -0.2) is 0 Å². The van der Waals surface area contributed by atoms with Crippen molar-refractivity contribution in [3.63, 3.8) is 0 Å². The number of nitrogens with zero attached hydrogens (tertiary/aromatic N) is 1. The molecule has 0 fully saturated rings. The summed E-state index contributed by atoms with van der Waals surface area (Å²) in [5, 5.41) is 0. The highest BCUT2D eigenvalue weighted by molar-refractivity contribution is 5.73. The number of imidazole rings is 1. The highest BCUT2D eigenvalue weighted by Gasteiger charge is 2.01. The normalized spacial score (nSPS) is 10.3. The molecule has 0 aliphatic heterocycles. The second-order valence-corrected chi connectivity index (χ2v) is 2.42. The smallest absolute Gasteiger partial charge is 0.256 e. The number of rotatable bonds is 1. The average Bonchev–Trinajstić information content (AvgIpc) is 2.49. The van der Waals surface area contributed by atoms with Crippen molar-refractivity contribution in [1.82, 2.24) is 9.38 Å². The number of aromatic amines is 1. The molecule has 0 atom stereocenters. The maximum atomic E-state index is 11.2. The van der Waals surface area contributed by atoms with Gasteiger partial charge in [-0.05, 0) is 6.07 Å². The van der Waals surface area contributed by atoms with Crippen LogP contribution in [0.1, 0.15) is 10.5 Å². The van der Waals surface area contributed by atoms with Crippen LogP contribution < -0.4 is 5.56 Å². The molecule has 2 aromatic rings. The molecule has 0 aliphatic rings. The fourth-order valence-electron chi connectivity index (χ4n) is 1.17. The minimum absolute atomic E-state index is 0.198.